The van der Waals surface area contributed by atoms with E-state index < -0.39 is 0 Å². The zero-order chi connectivity index (χ0) is 22.2. The molecule has 6 nitrogen and oxygen atoms in total. The van der Waals surface area contributed by atoms with Gasteiger partial charge >= 0.3 is 0 Å². The highest BCUT2D eigenvalue weighted by Gasteiger charge is 2.27. The van der Waals surface area contributed by atoms with Crippen LogP contribution in [0.2, 0.25) is 0 Å². The Morgan fingerprint density at radius 2 is 2.00 bits per heavy atom. The Balaban J connectivity index is 1.61. The number of aromatic nitrogens is 2. The van der Waals surface area contributed by atoms with Crippen LogP contribution >= 0.6 is 23.1 Å². The molecule has 5 rings (SSSR count). The number of rotatable bonds is 4. The second-order valence-electron chi connectivity index (χ2n) is 8.46. The maximum atomic E-state index is 13.9. The fraction of sp³-hybridized carbons (Fsp3) is 0.458. The van der Waals surface area contributed by atoms with E-state index in [1.54, 1.807) is 15.9 Å². The van der Waals surface area contributed by atoms with Gasteiger partial charge in [0.25, 0.3) is 5.56 Å². The second kappa shape index (κ2) is 9.00. The summed E-state index contributed by atoms with van der Waals surface area (Å²) in [6, 6.07) is 7.93. The molecule has 2 aromatic heterocycles. The summed E-state index contributed by atoms with van der Waals surface area (Å²) in [5, 5.41) is 1.01. The molecular formula is C24H27N3O3S2. The molecule has 0 radical (unpaired) electrons. The maximum Gasteiger partial charge on any atom is 0.267 e. The minimum absolute atomic E-state index is 0.0199. The number of thioether (sulfide) groups is 1. The first kappa shape index (κ1) is 21.7. The molecule has 1 fully saturated rings. The van der Waals surface area contributed by atoms with E-state index in [0.717, 1.165) is 40.7 Å². The van der Waals surface area contributed by atoms with E-state index in [4.69, 9.17) is 9.72 Å². The van der Waals surface area contributed by atoms with Gasteiger partial charge in [-0.25, -0.2) is 4.98 Å². The molecule has 8 heteroatoms. The van der Waals surface area contributed by atoms with Gasteiger partial charge in [-0.3, -0.25) is 14.2 Å². The predicted molar refractivity (Wildman–Crippen MR) is 129 cm³/mol. The monoisotopic (exact) mass is 469 g/mol. The van der Waals surface area contributed by atoms with Crippen molar-refractivity contribution in [2.45, 2.75) is 49.9 Å². The SMILES string of the molecule is Cc1cccc(-n2c(S[C@H](C)C(=O)N3CCOCC3)nc3sc4c(c3c2=O)CCCC4)c1. The van der Waals surface area contributed by atoms with Crippen molar-refractivity contribution < 1.29 is 9.53 Å². The molecule has 3 aromatic rings. The lowest BCUT2D eigenvalue weighted by Gasteiger charge is -2.29. The lowest BCUT2D eigenvalue weighted by Crippen LogP contribution is -2.44. The van der Waals surface area contributed by atoms with E-state index in [-0.39, 0.29) is 16.7 Å². The van der Waals surface area contributed by atoms with Crippen molar-refractivity contribution in [2.75, 3.05) is 26.3 Å². The summed E-state index contributed by atoms with van der Waals surface area (Å²) in [7, 11) is 0. The van der Waals surface area contributed by atoms with Crippen molar-refractivity contribution in [3.63, 3.8) is 0 Å². The first-order valence-corrected chi connectivity index (χ1v) is 12.9. The van der Waals surface area contributed by atoms with Crippen LogP contribution < -0.4 is 5.56 Å². The molecule has 2 aliphatic rings. The van der Waals surface area contributed by atoms with Crippen molar-refractivity contribution in [1.82, 2.24) is 14.5 Å². The van der Waals surface area contributed by atoms with Crippen LogP contribution in [-0.2, 0) is 22.4 Å². The average molecular weight is 470 g/mol. The highest BCUT2D eigenvalue weighted by Crippen LogP contribution is 2.36. The number of carbonyl (C=O) groups is 1. The summed E-state index contributed by atoms with van der Waals surface area (Å²) >= 11 is 3.02. The van der Waals surface area contributed by atoms with E-state index in [2.05, 4.69) is 0 Å². The number of hydrogen-bond donors (Lipinski definition) is 0. The molecule has 1 atom stereocenters. The quantitative estimate of drug-likeness (QED) is 0.427. The third-order valence-electron chi connectivity index (χ3n) is 6.17. The Hall–Kier alpha value is -2.16. The van der Waals surface area contributed by atoms with Crippen LogP contribution in [0.5, 0.6) is 0 Å². The Labute approximate surface area is 195 Å². The largest absolute Gasteiger partial charge is 0.378 e. The smallest absolute Gasteiger partial charge is 0.267 e. The molecule has 3 heterocycles. The molecule has 1 saturated heterocycles. The molecule has 1 aromatic carbocycles. The van der Waals surface area contributed by atoms with Crippen molar-refractivity contribution in [3.05, 3.63) is 50.6 Å². The van der Waals surface area contributed by atoms with Crippen LogP contribution in [0.4, 0.5) is 0 Å². The van der Waals surface area contributed by atoms with E-state index in [0.29, 0.717) is 31.5 Å². The highest BCUT2D eigenvalue weighted by atomic mass is 32.2. The summed E-state index contributed by atoms with van der Waals surface area (Å²) in [6.07, 6.45) is 4.25. The zero-order valence-electron chi connectivity index (χ0n) is 18.4. The summed E-state index contributed by atoms with van der Waals surface area (Å²) in [4.78, 5) is 35.8. The van der Waals surface area contributed by atoms with E-state index >= 15 is 0 Å². The Morgan fingerprint density at radius 1 is 1.22 bits per heavy atom. The molecule has 0 spiro atoms. The van der Waals surface area contributed by atoms with E-state index in [1.165, 1.54) is 28.6 Å². The molecule has 1 aliphatic heterocycles. The van der Waals surface area contributed by atoms with Crippen molar-refractivity contribution in [1.29, 1.82) is 0 Å². The lowest BCUT2D eigenvalue weighted by molar-refractivity contribution is -0.134. The number of ether oxygens (including phenoxy) is 1. The van der Waals surface area contributed by atoms with Gasteiger partial charge in [0.15, 0.2) is 5.16 Å². The number of fused-ring (bicyclic) bond motifs is 3. The van der Waals surface area contributed by atoms with Crippen molar-refractivity contribution in [3.8, 4) is 5.69 Å². The summed E-state index contributed by atoms with van der Waals surface area (Å²) in [5.74, 6) is 0.0638. The van der Waals surface area contributed by atoms with Crippen LogP contribution in [-0.4, -0.2) is 51.9 Å². The first-order chi connectivity index (χ1) is 15.5. The molecular weight excluding hydrogens is 442 g/mol. The number of amides is 1. The fourth-order valence-corrected chi connectivity index (χ4v) is 6.82. The first-order valence-electron chi connectivity index (χ1n) is 11.2. The van der Waals surface area contributed by atoms with Crippen LogP contribution in [0.25, 0.3) is 15.9 Å². The number of nitrogens with zero attached hydrogens (tertiary/aromatic N) is 3. The van der Waals surface area contributed by atoms with Gasteiger partial charge in [-0.15, -0.1) is 11.3 Å². The maximum absolute atomic E-state index is 13.9. The van der Waals surface area contributed by atoms with Crippen LogP contribution in [0.1, 0.15) is 35.8 Å². The standard InChI is InChI=1S/C24H27N3O3S2/c1-15-6-5-7-17(14-15)27-23(29)20-18-8-3-4-9-19(18)32-21(20)25-24(27)31-16(2)22(28)26-10-12-30-13-11-26/h5-7,14,16H,3-4,8-13H2,1-2H3/t16-/m1/s1. The molecule has 0 N–H and O–H groups in total. The number of benzene rings is 1. The third-order valence-corrected chi connectivity index (χ3v) is 8.40. The molecule has 0 unspecified atom stereocenters. The van der Waals surface area contributed by atoms with Gasteiger partial charge in [-0.2, -0.15) is 0 Å². The van der Waals surface area contributed by atoms with Gasteiger partial charge in [-0.05, 0) is 62.8 Å². The minimum atomic E-state index is -0.344. The lowest BCUT2D eigenvalue weighted by atomic mass is 9.97. The number of aryl methyl sites for hydroxylation is 3. The minimum Gasteiger partial charge on any atom is -0.378 e. The predicted octanol–water partition coefficient (Wildman–Crippen LogP) is 3.97. The van der Waals surface area contributed by atoms with E-state index in [1.807, 2.05) is 43.0 Å². The van der Waals surface area contributed by atoms with Gasteiger partial charge in [-0.1, -0.05) is 23.9 Å². The third kappa shape index (κ3) is 4.00. The number of carbonyl (C=O) groups excluding carboxylic acids is 1. The summed E-state index contributed by atoms with van der Waals surface area (Å²) in [5.41, 5.74) is 3.04. The summed E-state index contributed by atoms with van der Waals surface area (Å²) in [6.45, 7) is 6.28. The summed E-state index contributed by atoms with van der Waals surface area (Å²) < 4.78 is 7.10. The van der Waals surface area contributed by atoms with Crippen LogP contribution in [0, 0.1) is 6.92 Å². The van der Waals surface area contributed by atoms with Gasteiger partial charge in [0.2, 0.25) is 5.91 Å². The molecule has 32 heavy (non-hydrogen) atoms. The van der Waals surface area contributed by atoms with Gasteiger partial charge in [0, 0.05) is 18.0 Å². The van der Waals surface area contributed by atoms with E-state index in [9.17, 15) is 9.59 Å². The Morgan fingerprint density at radius 3 is 2.78 bits per heavy atom. The topological polar surface area (TPSA) is 64.4 Å². The molecule has 1 amide bonds. The average Bonchev–Trinajstić information content (AvgIpc) is 3.18. The highest BCUT2D eigenvalue weighted by molar-refractivity contribution is 8.00. The zero-order valence-corrected chi connectivity index (χ0v) is 20.1. The fourth-order valence-electron chi connectivity index (χ4n) is 4.51. The van der Waals surface area contributed by atoms with Crippen LogP contribution in [0.3, 0.4) is 0 Å². The molecule has 0 bridgehead atoms. The number of morpholine rings is 1. The Bertz CT molecular complexity index is 1230. The number of thiophene rings is 1. The number of hydrogen-bond acceptors (Lipinski definition) is 6. The van der Waals surface area contributed by atoms with Gasteiger partial charge in [0.1, 0.15) is 4.83 Å². The molecule has 168 valence electrons. The second-order valence-corrected chi connectivity index (χ2v) is 10.9. The van der Waals surface area contributed by atoms with Crippen molar-refractivity contribution >= 4 is 39.2 Å². The van der Waals surface area contributed by atoms with Gasteiger partial charge in [0.05, 0.1) is 29.5 Å². The normalized spacial score (nSPS) is 17.4. The van der Waals surface area contributed by atoms with Crippen LogP contribution in [0.15, 0.2) is 34.2 Å². The molecule has 0 saturated carbocycles. The van der Waals surface area contributed by atoms with Gasteiger partial charge < -0.3 is 9.64 Å². The Kier molecular flexibility index (Phi) is 6.09. The molecule has 1 aliphatic carbocycles. The van der Waals surface area contributed by atoms with Crippen molar-refractivity contribution in [2.24, 2.45) is 0 Å².